The first-order valence-electron chi connectivity index (χ1n) is 8.72. The number of likely N-dealkylation sites (N-methyl/N-ethyl adjacent to an activating group) is 1. The van der Waals surface area contributed by atoms with Crippen LogP contribution in [-0.2, 0) is 13.5 Å². The van der Waals surface area contributed by atoms with Gasteiger partial charge in [-0.1, -0.05) is 32.6 Å². The van der Waals surface area contributed by atoms with Crippen LogP contribution in [0.3, 0.4) is 0 Å². The molecule has 1 heterocycles. The second-order valence-electron chi connectivity index (χ2n) is 6.94. The summed E-state index contributed by atoms with van der Waals surface area (Å²) in [6.07, 6.45) is 11.0. The van der Waals surface area contributed by atoms with Gasteiger partial charge in [-0.15, -0.1) is 10.2 Å². The maximum absolute atomic E-state index is 4.36. The number of nitrogens with one attached hydrogen (secondary N) is 1. The van der Waals surface area contributed by atoms with Crippen molar-refractivity contribution >= 4 is 0 Å². The Morgan fingerprint density at radius 3 is 2.71 bits per heavy atom. The van der Waals surface area contributed by atoms with Crippen LogP contribution < -0.4 is 5.32 Å². The molecule has 2 fully saturated rings. The fourth-order valence-corrected chi connectivity index (χ4v) is 4.54. The molecule has 1 N–H and O–H groups in total. The molecule has 4 unspecified atom stereocenters. The zero-order chi connectivity index (χ0) is 14.7. The largest absolute Gasteiger partial charge is 0.314 e. The highest BCUT2D eigenvalue weighted by atomic mass is 15.6. The molecule has 0 saturated heterocycles. The van der Waals surface area contributed by atoms with Crippen molar-refractivity contribution in [3.05, 3.63) is 5.82 Å². The van der Waals surface area contributed by atoms with Gasteiger partial charge in [0.05, 0.1) is 7.05 Å². The molecule has 1 aromatic rings. The number of fused-ring (bicyclic) bond motifs is 1. The SMILES string of the molecule is CCNC(Cc1nnn(C)n1)C1CCC2CCCCC2C1. The summed E-state index contributed by atoms with van der Waals surface area (Å²) in [6, 6.07) is 0.516. The van der Waals surface area contributed by atoms with Gasteiger partial charge in [-0.05, 0) is 48.8 Å². The fourth-order valence-electron chi connectivity index (χ4n) is 4.54. The van der Waals surface area contributed by atoms with E-state index in [1.807, 2.05) is 7.05 Å². The van der Waals surface area contributed by atoms with Gasteiger partial charge in [-0.2, -0.15) is 4.80 Å². The molecule has 0 aliphatic heterocycles. The lowest BCUT2D eigenvalue weighted by Gasteiger charge is -2.42. The van der Waals surface area contributed by atoms with Crippen molar-refractivity contribution < 1.29 is 0 Å². The van der Waals surface area contributed by atoms with Crippen LogP contribution >= 0.6 is 0 Å². The third kappa shape index (κ3) is 3.62. The first kappa shape index (κ1) is 14.9. The minimum absolute atomic E-state index is 0.516. The van der Waals surface area contributed by atoms with Crippen molar-refractivity contribution in [2.45, 2.75) is 64.3 Å². The Morgan fingerprint density at radius 2 is 2.00 bits per heavy atom. The first-order chi connectivity index (χ1) is 10.3. The average molecular weight is 291 g/mol. The van der Waals surface area contributed by atoms with E-state index in [4.69, 9.17) is 0 Å². The monoisotopic (exact) mass is 291 g/mol. The number of aromatic nitrogens is 4. The molecule has 0 bridgehead atoms. The van der Waals surface area contributed by atoms with Crippen LogP contribution in [0.15, 0.2) is 0 Å². The highest BCUT2D eigenvalue weighted by Crippen LogP contribution is 2.43. The molecule has 0 amide bonds. The summed E-state index contributed by atoms with van der Waals surface area (Å²) in [4.78, 5) is 1.57. The van der Waals surface area contributed by atoms with Crippen LogP contribution in [0.25, 0.3) is 0 Å². The van der Waals surface area contributed by atoms with E-state index in [1.165, 1.54) is 44.9 Å². The molecule has 2 aliphatic rings. The lowest BCUT2D eigenvalue weighted by Crippen LogP contribution is -2.42. The Hall–Kier alpha value is -0.970. The lowest BCUT2D eigenvalue weighted by atomic mass is 9.66. The summed E-state index contributed by atoms with van der Waals surface area (Å²) < 4.78 is 0. The molecule has 1 aromatic heterocycles. The highest BCUT2D eigenvalue weighted by Gasteiger charge is 2.35. The van der Waals surface area contributed by atoms with E-state index in [9.17, 15) is 0 Å². The molecular formula is C16H29N5. The Labute approximate surface area is 127 Å². The van der Waals surface area contributed by atoms with Gasteiger partial charge in [-0.25, -0.2) is 0 Å². The smallest absolute Gasteiger partial charge is 0.176 e. The van der Waals surface area contributed by atoms with E-state index in [0.29, 0.717) is 6.04 Å². The van der Waals surface area contributed by atoms with Gasteiger partial charge in [0, 0.05) is 12.5 Å². The predicted molar refractivity (Wildman–Crippen MR) is 82.8 cm³/mol. The summed E-state index contributed by atoms with van der Waals surface area (Å²) in [5.41, 5.74) is 0. The summed E-state index contributed by atoms with van der Waals surface area (Å²) >= 11 is 0. The molecule has 3 rings (SSSR count). The maximum atomic E-state index is 4.36. The van der Waals surface area contributed by atoms with Crippen molar-refractivity contribution in [2.75, 3.05) is 6.54 Å². The van der Waals surface area contributed by atoms with Crippen molar-refractivity contribution in [3.63, 3.8) is 0 Å². The van der Waals surface area contributed by atoms with Crippen molar-refractivity contribution in [1.82, 2.24) is 25.5 Å². The molecule has 2 aliphatic carbocycles. The number of hydrogen-bond donors (Lipinski definition) is 1. The Balaban J connectivity index is 1.63. The van der Waals surface area contributed by atoms with E-state index in [2.05, 4.69) is 27.7 Å². The standard InChI is InChI=1S/C16H29N5/c1-3-17-15(11-16-18-20-21(2)19-16)14-9-8-12-6-4-5-7-13(12)10-14/h12-15,17H,3-11H2,1-2H3. The Bertz CT molecular complexity index is 444. The van der Waals surface area contributed by atoms with Crippen molar-refractivity contribution in [2.24, 2.45) is 24.8 Å². The van der Waals surface area contributed by atoms with E-state index in [0.717, 1.165) is 36.5 Å². The van der Waals surface area contributed by atoms with Crippen LogP contribution in [0.2, 0.25) is 0 Å². The lowest BCUT2D eigenvalue weighted by molar-refractivity contribution is 0.109. The topological polar surface area (TPSA) is 55.6 Å². The molecule has 118 valence electrons. The van der Waals surface area contributed by atoms with Crippen LogP contribution in [-0.4, -0.2) is 32.8 Å². The fraction of sp³-hybridized carbons (Fsp3) is 0.938. The summed E-state index contributed by atoms with van der Waals surface area (Å²) in [7, 11) is 1.84. The molecule has 4 atom stereocenters. The molecular weight excluding hydrogens is 262 g/mol. The maximum Gasteiger partial charge on any atom is 0.176 e. The molecule has 0 spiro atoms. The quantitative estimate of drug-likeness (QED) is 0.904. The second kappa shape index (κ2) is 6.86. The predicted octanol–water partition coefficient (Wildman–Crippen LogP) is 2.34. The summed E-state index contributed by atoms with van der Waals surface area (Å²) in [5.74, 6) is 3.67. The van der Waals surface area contributed by atoms with Gasteiger partial charge < -0.3 is 5.32 Å². The zero-order valence-electron chi connectivity index (χ0n) is 13.5. The summed E-state index contributed by atoms with van der Waals surface area (Å²) in [6.45, 7) is 3.22. The van der Waals surface area contributed by atoms with Crippen LogP contribution in [0.1, 0.15) is 57.7 Å². The molecule has 0 aromatic carbocycles. The zero-order valence-corrected chi connectivity index (χ0v) is 13.5. The summed E-state index contributed by atoms with van der Waals surface area (Å²) in [5, 5.41) is 16.2. The number of nitrogens with zero attached hydrogens (tertiary/aromatic N) is 4. The van der Waals surface area contributed by atoms with Crippen molar-refractivity contribution in [3.8, 4) is 0 Å². The number of hydrogen-bond acceptors (Lipinski definition) is 4. The highest BCUT2D eigenvalue weighted by molar-refractivity contribution is 4.93. The van der Waals surface area contributed by atoms with Gasteiger partial charge in [0.15, 0.2) is 5.82 Å². The normalized spacial score (nSPS) is 30.9. The molecule has 5 nitrogen and oxygen atoms in total. The van der Waals surface area contributed by atoms with Crippen LogP contribution in [0, 0.1) is 17.8 Å². The van der Waals surface area contributed by atoms with E-state index < -0.39 is 0 Å². The molecule has 0 radical (unpaired) electrons. The van der Waals surface area contributed by atoms with E-state index in [-0.39, 0.29) is 0 Å². The minimum atomic E-state index is 0.516. The third-order valence-corrected chi connectivity index (χ3v) is 5.57. The van der Waals surface area contributed by atoms with Gasteiger partial charge >= 0.3 is 0 Å². The molecule has 5 heteroatoms. The Morgan fingerprint density at radius 1 is 1.19 bits per heavy atom. The first-order valence-corrected chi connectivity index (χ1v) is 8.72. The number of tetrazole rings is 1. The molecule has 21 heavy (non-hydrogen) atoms. The van der Waals surface area contributed by atoms with E-state index in [1.54, 1.807) is 4.80 Å². The number of rotatable bonds is 5. The second-order valence-corrected chi connectivity index (χ2v) is 6.94. The van der Waals surface area contributed by atoms with Gasteiger partial charge in [0.1, 0.15) is 0 Å². The Kier molecular flexibility index (Phi) is 4.88. The van der Waals surface area contributed by atoms with Crippen molar-refractivity contribution in [1.29, 1.82) is 0 Å². The van der Waals surface area contributed by atoms with Crippen LogP contribution in [0.4, 0.5) is 0 Å². The van der Waals surface area contributed by atoms with Crippen LogP contribution in [0.5, 0.6) is 0 Å². The van der Waals surface area contributed by atoms with Gasteiger partial charge in [0.2, 0.25) is 0 Å². The minimum Gasteiger partial charge on any atom is -0.314 e. The van der Waals surface area contributed by atoms with Gasteiger partial charge in [0.25, 0.3) is 0 Å². The van der Waals surface area contributed by atoms with E-state index >= 15 is 0 Å². The average Bonchev–Trinajstić information content (AvgIpc) is 2.91. The van der Waals surface area contributed by atoms with Gasteiger partial charge in [-0.3, -0.25) is 0 Å². The number of aryl methyl sites for hydroxylation is 1. The third-order valence-electron chi connectivity index (χ3n) is 5.57. The molecule has 2 saturated carbocycles.